The first-order valence-electron chi connectivity index (χ1n) is 7.68. The van der Waals surface area contributed by atoms with E-state index in [2.05, 4.69) is 15.2 Å². The molecule has 0 aliphatic heterocycles. The minimum absolute atomic E-state index is 0.0217. The number of hydrogen-bond acceptors (Lipinski definition) is 6. The number of rotatable bonds is 6. The van der Waals surface area contributed by atoms with E-state index < -0.39 is 21.6 Å². The van der Waals surface area contributed by atoms with Gasteiger partial charge in [-0.3, -0.25) is 4.79 Å². The van der Waals surface area contributed by atoms with Gasteiger partial charge in [0.1, 0.15) is 10.6 Å². The van der Waals surface area contributed by atoms with E-state index in [-0.39, 0.29) is 22.3 Å². The lowest BCUT2D eigenvalue weighted by Gasteiger charge is -2.30. The van der Waals surface area contributed by atoms with Crippen molar-refractivity contribution < 1.29 is 17.7 Å². The minimum Gasteiger partial charge on any atom is -0.360 e. The van der Waals surface area contributed by atoms with Crippen molar-refractivity contribution in [1.29, 1.82) is 0 Å². The van der Waals surface area contributed by atoms with Gasteiger partial charge in [-0.05, 0) is 33.6 Å². The molecule has 1 fully saturated rings. The molecule has 1 aliphatic carbocycles. The Morgan fingerprint density at radius 3 is 2.48 bits per heavy atom. The smallest absolute Gasteiger partial charge is 0.246 e. The molecule has 1 aromatic rings. The van der Waals surface area contributed by atoms with E-state index in [0.717, 1.165) is 25.7 Å². The van der Waals surface area contributed by atoms with Crippen LogP contribution in [0, 0.1) is 13.8 Å². The van der Waals surface area contributed by atoms with Crippen molar-refractivity contribution in [2.24, 2.45) is 5.73 Å². The molecule has 1 unspecified atom stereocenters. The van der Waals surface area contributed by atoms with Crippen LogP contribution in [-0.2, 0) is 14.8 Å². The molecule has 9 heteroatoms. The summed E-state index contributed by atoms with van der Waals surface area (Å²) in [4.78, 5) is 12.3. The molecule has 1 aromatic heterocycles. The van der Waals surface area contributed by atoms with Gasteiger partial charge in [0.2, 0.25) is 15.9 Å². The molecular weight excluding hydrogens is 320 g/mol. The Morgan fingerprint density at radius 1 is 1.39 bits per heavy atom. The topological polar surface area (TPSA) is 127 Å². The molecule has 0 radical (unpaired) electrons. The first-order chi connectivity index (χ1) is 10.7. The van der Waals surface area contributed by atoms with E-state index in [9.17, 15) is 13.2 Å². The van der Waals surface area contributed by atoms with Crippen LogP contribution in [0.25, 0.3) is 0 Å². The van der Waals surface area contributed by atoms with Gasteiger partial charge < -0.3 is 15.6 Å². The molecule has 23 heavy (non-hydrogen) atoms. The number of carbonyl (C=O) groups is 1. The maximum absolute atomic E-state index is 12.4. The molecule has 1 atom stereocenters. The summed E-state index contributed by atoms with van der Waals surface area (Å²) in [6.07, 6.45) is 3.66. The second-order valence-corrected chi connectivity index (χ2v) is 7.83. The summed E-state index contributed by atoms with van der Waals surface area (Å²) in [6.45, 7) is 4.91. The molecule has 1 aliphatic rings. The summed E-state index contributed by atoms with van der Waals surface area (Å²) in [7, 11) is -3.88. The second-order valence-electron chi connectivity index (χ2n) is 6.18. The zero-order valence-electron chi connectivity index (χ0n) is 13.7. The zero-order chi connectivity index (χ0) is 17.3. The van der Waals surface area contributed by atoms with Gasteiger partial charge in [0.15, 0.2) is 5.76 Å². The number of hydrogen-bond donors (Lipinski definition) is 3. The molecule has 4 N–H and O–H groups in total. The van der Waals surface area contributed by atoms with E-state index >= 15 is 0 Å². The molecule has 130 valence electrons. The summed E-state index contributed by atoms with van der Waals surface area (Å²) in [5.41, 5.74) is 5.63. The normalized spacial score (nSPS) is 18.8. The van der Waals surface area contributed by atoms with Gasteiger partial charge in [-0.15, -0.1) is 0 Å². The number of aryl methyl sites for hydroxylation is 2. The number of aromatic nitrogens is 1. The summed E-state index contributed by atoms with van der Waals surface area (Å²) in [6, 6.07) is -0.919. The van der Waals surface area contributed by atoms with Crippen molar-refractivity contribution in [2.75, 3.05) is 6.54 Å². The third-order valence-electron chi connectivity index (χ3n) is 4.30. The molecule has 8 nitrogen and oxygen atoms in total. The van der Waals surface area contributed by atoms with E-state index in [1.54, 1.807) is 0 Å². The number of nitrogens with one attached hydrogen (secondary N) is 2. The molecule has 0 bridgehead atoms. The number of carbonyl (C=O) groups excluding carboxylic acids is 1. The van der Waals surface area contributed by atoms with Gasteiger partial charge in [0, 0.05) is 6.54 Å². The monoisotopic (exact) mass is 344 g/mol. The van der Waals surface area contributed by atoms with Crippen LogP contribution in [0.1, 0.15) is 44.1 Å². The first-order valence-corrected chi connectivity index (χ1v) is 9.16. The van der Waals surface area contributed by atoms with Crippen LogP contribution >= 0.6 is 0 Å². The van der Waals surface area contributed by atoms with Crippen molar-refractivity contribution in [2.45, 2.75) is 62.9 Å². The van der Waals surface area contributed by atoms with Crippen LogP contribution in [0.15, 0.2) is 9.42 Å². The van der Waals surface area contributed by atoms with E-state index in [0.29, 0.717) is 6.54 Å². The molecule has 1 amide bonds. The standard InChI is InChI=1S/C14H24N4O4S/c1-9-12(11(3)22-17-9)23(20,21)18-10(2)13(19)16-14(8-15)6-4-5-7-14/h10,18H,4-8,15H2,1-3H3,(H,16,19). The highest BCUT2D eigenvalue weighted by Gasteiger charge is 2.36. The van der Waals surface area contributed by atoms with Gasteiger partial charge in [0.25, 0.3) is 0 Å². The highest BCUT2D eigenvalue weighted by Crippen LogP contribution is 2.28. The van der Waals surface area contributed by atoms with Crippen molar-refractivity contribution >= 4 is 15.9 Å². The van der Waals surface area contributed by atoms with Crippen molar-refractivity contribution in [3.63, 3.8) is 0 Å². The molecule has 1 saturated carbocycles. The Bertz CT molecular complexity index is 657. The van der Waals surface area contributed by atoms with Gasteiger partial charge in [-0.25, -0.2) is 8.42 Å². The van der Waals surface area contributed by atoms with Gasteiger partial charge in [-0.1, -0.05) is 18.0 Å². The third kappa shape index (κ3) is 3.73. The molecule has 0 aromatic carbocycles. The van der Waals surface area contributed by atoms with Gasteiger partial charge in [0.05, 0.1) is 11.6 Å². The Morgan fingerprint density at radius 2 is 2.00 bits per heavy atom. The summed E-state index contributed by atoms with van der Waals surface area (Å²) >= 11 is 0. The van der Waals surface area contributed by atoms with Crippen molar-refractivity contribution in [3.8, 4) is 0 Å². The maximum Gasteiger partial charge on any atom is 0.246 e. The molecule has 1 heterocycles. The lowest BCUT2D eigenvalue weighted by molar-refractivity contribution is -0.124. The third-order valence-corrected chi connectivity index (χ3v) is 6.09. The van der Waals surface area contributed by atoms with Crippen LogP contribution in [0.5, 0.6) is 0 Å². The van der Waals surface area contributed by atoms with Crippen molar-refractivity contribution in [1.82, 2.24) is 15.2 Å². The lowest BCUT2D eigenvalue weighted by Crippen LogP contribution is -2.56. The predicted molar refractivity (Wildman–Crippen MR) is 84.2 cm³/mol. The summed E-state index contributed by atoms with van der Waals surface area (Å²) < 4.78 is 32.1. The van der Waals surface area contributed by atoms with Crippen LogP contribution in [0.3, 0.4) is 0 Å². The fraction of sp³-hybridized carbons (Fsp3) is 0.714. The number of sulfonamides is 1. The minimum atomic E-state index is -3.88. The van der Waals surface area contributed by atoms with Gasteiger partial charge in [-0.2, -0.15) is 4.72 Å². The van der Waals surface area contributed by atoms with Crippen LogP contribution in [0.2, 0.25) is 0 Å². The second kappa shape index (κ2) is 6.58. The SMILES string of the molecule is Cc1noc(C)c1S(=O)(=O)NC(C)C(=O)NC1(CN)CCCC1. The van der Waals surface area contributed by atoms with Crippen molar-refractivity contribution in [3.05, 3.63) is 11.5 Å². The number of amides is 1. The average Bonchev–Trinajstić information content (AvgIpc) is 3.06. The predicted octanol–water partition coefficient (Wildman–Crippen LogP) is 0.346. The lowest BCUT2D eigenvalue weighted by atomic mass is 9.97. The molecule has 0 saturated heterocycles. The summed E-state index contributed by atoms with van der Waals surface area (Å²) in [5, 5.41) is 6.54. The first kappa shape index (κ1) is 17.9. The highest BCUT2D eigenvalue weighted by molar-refractivity contribution is 7.89. The maximum atomic E-state index is 12.4. The number of nitrogens with zero attached hydrogens (tertiary/aromatic N) is 1. The molecule has 0 spiro atoms. The van der Waals surface area contributed by atoms with Crippen LogP contribution in [-0.4, -0.2) is 37.6 Å². The Balaban J connectivity index is 2.09. The number of nitrogens with two attached hydrogens (primary N) is 1. The van der Waals surface area contributed by atoms with E-state index in [1.807, 2.05) is 0 Å². The average molecular weight is 344 g/mol. The van der Waals surface area contributed by atoms with Crippen LogP contribution in [0.4, 0.5) is 0 Å². The fourth-order valence-electron chi connectivity index (χ4n) is 3.00. The fourth-order valence-corrected chi connectivity index (χ4v) is 4.54. The zero-order valence-corrected chi connectivity index (χ0v) is 14.5. The quantitative estimate of drug-likeness (QED) is 0.683. The Labute approximate surface area is 136 Å². The Kier molecular flexibility index (Phi) is 5.12. The Hall–Kier alpha value is -1.45. The summed E-state index contributed by atoms with van der Waals surface area (Å²) in [5.74, 6) is -0.190. The van der Waals surface area contributed by atoms with E-state index in [1.165, 1.54) is 20.8 Å². The van der Waals surface area contributed by atoms with Gasteiger partial charge >= 0.3 is 0 Å². The largest absolute Gasteiger partial charge is 0.360 e. The van der Waals surface area contributed by atoms with E-state index in [4.69, 9.17) is 10.3 Å². The highest BCUT2D eigenvalue weighted by atomic mass is 32.2. The molecule has 2 rings (SSSR count). The van der Waals surface area contributed by atoms with Crippen LogP contribution < -0.4 is 15.8 Å². The molecular formula is C14H24N4O4S.